The number of nitrogens with zero attached hydrogens (tertiary/aromatic N) is 1. The van der Waals surface area contributed by atoms with E-state index >= 15 is 0 Å². The predicted molar refractivity (Wildman–Crippen MR) is 46.2 cm³/mol. The highest BCUT2D eigenvalue weighted by Gasteiger charge is 1.97. The smallest absolute Gasteiger partial charge is 0.303 e. The largest absolute Gasteiger partial charge is 0.328 e. The fourth-order valence-corrected chi connectivity index (χ4v) is 1.36. The number of nitrogens with one attached hydrogen (secondary N) is 1. The Labute approximate surface area is 68.7 Å². The van der Waals surface area contributed by atoms with Gasteiger partial charge in [0.1, 0.15) is 0 Å². The number of H-pyrrole nitrogens is 1. The number of aromatic amines is 1. The number of rotatable bonds is 1. The molecule has 11 heavy (non-hydrogen) atoms. The first-order chi connectivity index (χ1) is 5.15. The van der Waals surface area contributed by atoms with Crippen molar-refractivity contribution in [2.45, 2.75) is 0 Å². The Kier molecular flexibility index (Phi) is 2.31. The highest BCUT2D eigenvalue weighted by Crippen LogP contribution is 1.84. The molecule has 1 aromatic heterocycles. The standard InChI is InChI=1S/C5H5N2O2PS/c1-7-2-3(10-11)4(8)6-5(7)9/h2H,1H3,(H,6,8,9). The summed E-state index contributed by atoms with van der Waals surface area (Å²) in [7, 11) is 2.01. The molecule has 0 radical (unpaired) electrons. The minimum atomic E-state index is -0.419. The topological polar surface area (TPSA) is 54.9 Å². The van der Waals surface area contributed by atoms with Gasteiger partial charge in [-0.25, -0.2) is 4.79 Å². The number of aryl methyl sites for hydroxylation is 1. The van der Waals surface area contributed by atoms with Crippen LogP contribution in [0.15, 0.2) is 15.8 Å². The Hall–Kier alpha value is -0.800. The van der Waals surface area contributed by atoms with Crippen LogP contribution in [0.5, 0.6) is 0 Å². The lowest BCUT2D eigenvalue weighted by atomic mass is 10.6. The zero-order chi connectivity index (χ0) is 8.43. The number of hydrogen-bond donors (Lipinski definition) is 1. The molecule has 0 atom stereocenters. The lowest BCUT2D eigenvalue weighted by Gasteiger charge is -1.94. The van der Waals surface area contributed by atoms with E-state index in [0.29, 0.717) is 12.7 Å². The molecule has 0 aliphatic carbocycles. The van der Waals surface area contributed by atoms with Crippen molar-refractivity contribution in [3.05, 3.63) is 27.0 Å². The Balaban J connectivity index is 3.57. The third-order valence-corrected chi connectivity index (χ3v) is 2.29. The van der Waals surface area contributed by atoms with Crippen LogP contribution >= 0.6 is 7.36 Å². The van der Waals surface area contributed by atoms with Crippen LogP contribution in [0.3, 0.4) is 0 Å². The van der Waals surface area contributed by atoms with Crippen molar-refractivity contribution in [2.75, 3.05) is 0 Å². The molecule has 6 heteroatoms. The minimum absolute atomic E-state index is 0.398. The second-order valence-electron chi connectivity index (χ2n) is 1.98. The maximum atomic E-state index is 10.9. The summed E-state index contributed by atoms with van der Waals surface area (Å²) in [6, 6.07) is 0. The molecular formula is C5H5N2O2PS. The van der Waals surface area contributed by atoms with Crippen molar-refractivity contribution in [3.63, 3.8) is 0 Å². The van der Waals surface area contributed by atoms with E-state index in [1.165, 1.54) is 10.8 Å². The van der Waals surface area contributed by atoms with Crippen LogP contribution < -0.4 is 16.6 Å². The Morgan fingerprint density at radius 1 is 1.64 bits per heavy atom. The molecule has 0 aliphatic rings. The highest BCUT2D eigenvalue weighted by molar-refractivity contribution is 7.99. The summed E-state index contributed by atoms with van der Waals surface area (Å²) in [4.78, 5) is 23.8. The number of aromatic nitrogens is 2. The quantitative estimate of drug-likeness (QED) is 0.581. The third-order valence-electron chi connectivity index (χ3n) is 1.19. The van der Waals surface area contributed by atoms with Gasteiger partial charge in [-0.3, -0.25) is 9.78 Å². The lowest BCUT2D eigenvalue weighted by molar-refractivity contribution is 0.807. The van der Waals surface area contributed by atoms with Crippen LogP contribution in [0.4, 0.5) is 0 Å². The van der Waals surface area contributed by atoms with Crippen LogP contribution in [-0.4, -0.2) is 9.55 Å². The summed E-state index contributed by atoms with van der Waals surface area (Å²) in [5.74, 6) is 0. The molecule has 0 aromatic carbocycles. The second kappa shape index (κ2) is 3.07. The fourth-order valence-electron chi connectivity index (χ4n) is 0.615. The zero-order valence-electron chi connectivity index (χ0n) is 5.70. The molecule has 4 nitrogen and oxygen atoms in total. The predicted octanol–water partition coefficient (Wildman–Crippen LogP) is -0.893. The average Bonchev–Trinajstić information content (AvgIpc) is 1.97. The molecule has 0 fully saturated rings. The van der Waals surface area contributed by atoms with Gasteiger partial charge in [0.25, 0.3) is 5.56 Å². The number of hydrogen-bond acceptors (Lipinski definition) is 3. The van der Waals surface area contributed by atoms with Crippen LogP contribution in [0, 0.1) is 0 Å². The van der Waals surface area contributed by atoms with Gasteiger partial charge in [-0.05, 0) is 0 Å². The van der Waals surface area contributed by atoms with E-state index in [1.807, 2.05) is 0 Å². The maximum absolute atomic E-state index is 10.9. The monoisotopic (exact) mass is 188 g/mol. The fraction of sp³-hybridized carbons (Fsp3) is 0.200. The Bertz CT molecular complexity index is 394. The van der Waals surface area contributed by atoms with Gasteiger partial charge >= 0.3 is 5.69 Å². The van der Waals surface area contributed by atoms with Crippen molar-refractivity contribution in [3.8, 4) is 0 Å². The molecule has 0 bridgehead atoms. The summed E-state index contributed by atoms with van der Waals surface area (Å²) in [6.45, 7) is 0. The molecule has 0 unspecified atom stereocenters. The van der Waals surface area contributed by atoms with Crippen molar-refractivity contribution in [1.29, 1.82) is 0 Å². The normalized spacial score (nSPS) is 10.3. The van der Waals surface area contributed by atoms with Crippen LogP contribution in [-0.2, 0) is 18.9 Å². The van der Waals surface area contributed by atoms with E-state index in [2.05, 4.69) is 16.8 Å². The molecule has 0 saturated carbocycles. The first-order valence-corrected chi connectivity index (χ1v) is 4.69. The van der Waals surface area contributed by atoms with Gasteiger partial charge in [-0.2, -0.15) is 0 Å². The molecule has 0 saturated heterocycles. The summed E-state index contributed by atoms with van der Waals surface area (Å²) in [5, 5.41) is 0.419. The first-order valence-electron chi connectivity index (χ1n) is 2.78. The van der Waals surface area contributed by atoms with Gasteiger partial charge < -0.3 is 4.57 Å². The summed E-state index contributed by atoms with van der Waals surface area (Å²) in [6.07, 6.45) is 1.44. The van der Waals surface area contributed by atoms with Crippen LogP contribution in [0.2, 0.25) is 0 Å². The van der Waals surface area contributed by atoms with Crippen molar-refractivity contribution in [1.82, 2.24) is 9.55 Å². The second-order valence-corrected chi connectivity index (χ2v) is 3.19. The Morgan fingerprint density at radius 2 is 2.27 bits per heavy atom. The van der Waals surface area contributed by atoms with Crippen molar-refractivity contribution in [2.24, 2.45) is 7.05 Å². The van der Waals surface area contributed by atoms with Gasteiger partial charge in [0.2, 0.25) is 0 Å². The average molecular weight is 188 g/mol. The van der Waals surface area contributed by atoms with E-state index in [4.69, 9.17) is 0 Å². The molecular weight excluding hydrogens is 183 g/mol. The van der Waals surface area contributed by atoms with Gasteiger partial charge in [0.15, 0.2) is 0 Å². The van der Waals surface area contributed by atoms with E-state index in [9.17, 15) is 9.59 Å². The third kappa shape index (κ3) is 1.61. The molecule has 0 amide bonds. The van der Waals surface area contributed by atoms with Crippen LogP contribution in [0.25, 0.3) is 0 Å². The lowest BCUT2D eigenvalue weighted by Crippen LogP contribution is -2.35. The summed E-state index contributed by atoms with van der Waals surface area (Å²) >= 11 is 4.65. The van der Waals surface area contributed by atoms with Crippen molar-refractivity contribution >= 4 is 24.5 Å². The zero-order valence-corrected chi connectivity index (χ0v) is 7.41. The summed E-state index contributed by atoms with van der Waals surface area (Å²) < 4.78 is 1.29. The van der Waals surface area contributed by atoms with Gasteiger partial charge in [0.05, 0.1) is 5.30 Å². The van der Waals surface area contributed by atoms with Crippen LogP contribution in [0.1, 0.15) is 0 Å². The molecule has 0 aliphatic heterocycles. The highest BCUT2D eigenvalue weighted by atomic mass is 32.4. The molecule has 58 valence electrons. The maximum Gasteiger partial charge on any atom is 0.328 e. The van der Waals surface area contributed by atoms with E-state index < -0.39 is 11.2 Å². The molecule has 1 aromatic rings. The molecule has 1 heterocycles. The molecule has 1 rings (SSSR count). The van der Waals surface area contributed by atoms with E-state index in [-0.39, 0.29) is 0 Å². The van der Waals surface area contributed by atoms with Crippen molar-refractivity contribution < 1.29 is 0 Å². The van der Waals surface area contributed by atoms with Gasteiger partial charge in [0, 0.05) is 20.6 Å². The Morgan fingerprint density at radius 3 is 2.82 bits per heavy atom. The van der Waals surface area contributed by atoms with Gasteiger partial charge in [-0.15, -0.1) is 0 Å². The molecule has 0 spiro atoms. The van der Waals surface area contributed by atoms with E-state index in [0.717, 1.165) is 0 Å². The summed E-state index contributed by atoms with van der Waals surface area (Å²) in [5.41, 5.74) is -0.817. The SMILES string of the molecule is Cn1cc(P=S)c(=O)[nH]c1=O. The minimum Gasteiger partial charge on any atom is -0.303 e. The van der Waals surface area contributed by atoms with E-state index in [1.54, 1.807) is 7.05 Å². The van der Waals surface area contributed by atoms with Gasteiger partial charge in [-0.1, -0.05) is 11.8 Å². The molecule has 1 N–H and O–H groups in total. The first kappa shape index (κ1) is 8.30.